The van der Waals surface area contributed by atoms with E-state index in [1.54, 1.807) is 0 Å². The zero-order valence-corrected chi connectivity index (χ0v) is 23.1. The first-order chi connectivity index (χ1) is 17.0. The molecule has 0 saturated heterocycles. The molecule has 2 unspecified atom stereocenters. The van der Waals surface area contributed by atoms with Gasteiger partial charge in [-0.05, 0) is 89.4 Å². The van der Waals surface area contributed by atoms with E-state index >= 15 is 0 Å². The van der Waals surface area contributed by atoms with Crippen molar-refractivity contribution < 1.29 is 13.6 Å². The van der Waals surface area contributed by atoms with Crippen molar-refractivity contribution in [2.24, 2.45) is 0 Å². The number of benzene rings is 3. The molecule has 0 aliphatic heterocycles. The molecule has 0 spiro atoms. The quantitative estimate of drug-likeness (QED) is 0.336. The number of carbonyl (C=O) groups excluding carboxylic acids is 1. The summed E-state index contributed by atoms with van der Waals surface area (Å²) in [5, 5.41) is 1.53. The summed E-state index contributed by atoms with van der Waals surface area (Å²) in [5.74, 6) is -0.478. The van der Waals surface area contributed by atoms with Crippen molar-refractivity contribution in [1.29, 1.82) is 0 Å². The summed E-state index contributed by atoms with van der Waals surface area (Å²) in [6.45, 7) is 11.0. The number of nitrogens with one attached hydrogen (secondary N) is 1. The molecule has 1 N–H and O–H groups in total. The van der Waals surface area contributed by atoms with Crippen LogP contribution in [0.25, 0.3) is 11.1 Å². The van der Waals surface area contributed by atoms with E-state index < -0.39 is 22.2 Å². The van der Waals surface area contributed by atoms with Crippen molar-refractivity contribution >= 4 is 22.7 Å². The molecule has 3 aromatic carbocycles. The summed E-state index contributed by atoms with van der Waals surface area (Å²) in [6, 6.07) is 19.9. The predicted octanol–water partition coefficient (Wildman–Crippen LogP) is 6.53. The Labute approximate surface area is 218 Å². The maximum atomic E-state index is 13.5. The van der Waals surface area contributed by atoms with Gasteiger partial charge in [0.1, 0.15) is 5.25 Å². The Morgan fingerprint density at radius 3 is 1.97 bits per heavy atom. The molecule has 0 fully saturated rings. The maximum absolute atomic E-state index is 13.5. The smallest absolute Gasteiger partial charge is 0.243 e. The van der Waals surface area contributed by atoms with E-state index in [1.807, 2.05) is 84.3 Å². The van der Waals surface area contributed by atoms with E-state index in [2.05, 4.69) is 35.3 Å². The number of rotatable bonds is 9. The van der Waals surface area contributed by atoms with Gasteiger partial charge in [0.05, 0.1) is 0 Å². The molecular formula is C30H37N2O3S-. The monoisotopic (exact) mass is 505 g/mol. The topological polar surface area (TPSA) is 72.5 Å². The molecule has 6 heteroatoms. The molecule has 192 valence electrons. The Hall–Kier alpha value is -2.80. The highest BCUT2D eigenvalue weighted by molar-refractivity contribution is 7.80. The Kier molecular flexibility index (Phi) is 9.23. The van der Waals surface area contributed by atoms with Crippen molar-refractivity contribution in [3.05, 3.63) is 88.5 Å². The van der Waals surface area contributed by atoms with Gasteiger partial charge in [0.2, 0.25) is 5.91 Å². The fourth-order valence-corrected chi connectivity index (χ4v) is 5.23. The third kappa shape index (κ3) is 6.69. The zero-order chi connectivity index (χ0) is 26.6. The van der Waals surface area contributed by atoms with Crippen molar-refractivity contribution in [3.63, 3.8) is 0 Å². The largest absolute Gasteiger partial charge is 0.771 e. The number of aryl methyl sites for hydroxylation is 1. The third-order valence-electron chi connectivity index (χ3n) is 6.25. The minimum atomic E-state index is -2.65. The van der Waals surface area contributed by atoms with Gasteiger partial charge in [0.15, 0.2) is 0 Å². The average molecular weight is 506 g/mol. The first-order valence-electron chi connectivity index (χ1n) is 12.3. The van der Waals surface area contributed by atoms with Gasteiger partial charge in [-0.2, -0.15) is 0 Å². The Morgan fingerprint density at radius 1 is 0.917 bits per heavy atom. The van der Waals surface area contributed by atoms with E-state index in [0.717, 1.165) is 39.9 Å². The lowest BCUT2D eigenvalue weighted by Gasteiger charge is -2.29. The second kappa shape index (κ2) is 12.0. The summed E-state index contributed by atoms with van der Waals surface area (Å²) in [5.41, 5.74) is 7.29. The summed E-state index contributed by atoms with van der Waals surface area (Å²) in [7, 11) is 3.99. The van der Waals surface area contributed by atoms with Crippen LogP contribution in [-0.4, -0.2) is 33.7 Å². The first-order valence-corrected chi connectivity index (χ1v) is 13.5. The third-order valence-corrected chi connectivity index (χ3v) is 7.09. The van der Waals surface area contributed by atoms with E-state index in [-0.39, 0.29) is 11.8 Å². The average Bonchev–Trinajstić information content (AvgIpc) is 2.79. The van der Waals surface area contributed by atoms with Crippen LogP contribution in [0, 0.1) is 6.92 Å². The lowest BCUT2D eigenvalue weighted by molar-refractivity contribution is -0.116. The van der Waals surface area contributed by atoms with Gasteiger partial charge in [-0.25, -0.2) is 0 Å². The van der Waals surface area contributed by atoms with Crippen LogP contribution >= 0.6 is 0 Å². The lowest BCUT2D eigenvalue weighted by atomic mass is 9.83. The summed E-state index contributed by atoms with van der Waals surface area (Å²) < 4.78 is 25.2. The van der Waals surface area contributed by atoms with Gasteiger partial charge < -0.3 is 14.8 Å². The number of anilines is 1. The molecule has 0 radical (unpaired) electrons. The molecule has 36 heavy (non-hydrogen) atoms. The molecule has 0 aliphatic rings. The fraction of sp³-hybridized carbons (Fsp3) is 0.367. The zero-order valence-electron chi connectivity index (χ0n) is 22.3. The second-order valence-corrected chi connectivity index (χ2v) is 11.3. The SMILES string of the molecule is Cc1cccc(-c2cc(C(C)C)c(C(C(=O)Nc3ccc(CN(C)C)cc3)S(=O)[O-])c(C(C)C)c2)c1. The van der Waals surface area contributed by atoms with E-state index in [9.17, 15) is 13.6 Å². The normalized spacial score (nSPS) is 13.3. The van der Waals surface area contributed by atoms with E-state index in [0.29, 0.717) is 11.3 Å². The van der Waals surface area contributed by atoms with Crippen LogP contribution in [0.4, 0.5) is 5.69 Å². The van der Waals surface area contributed by atoms with Gasteiger partial charge in [-0.15, -0.1) is 0 Å². The lowest BCUT2D eigenvalue weighted by Crippen LogP contribution is -2.27. The number of amides is 1. The predicted molar refractivity (Wildman–Crippen MR) is 149 cm³/mol. The van der Waals surface area contributed by atoms with Crippen LogP contribution in [0.3, 0.4) is 0 Å². The molecule has 0 saturated carbocycles. The van der Waals surface area contributed by atoms with E-state index in [4.69, 9.17) is 0 Å². The van der Waals surface area contributed by atoms with Crippen molar-refractivity contribution in [3.8, 4) is 11.1 Å². The van der Waals surface area contributed by atoms with Gasteiger partial charge in [0.25, 0.3) is 0 Å². The highest BCUT2D eigenvalue weighted by Gasteiger charge is 2.30. The molecule has 0 aliphatic carbocycles. The van der Waals surface area contributed by atoms with Gasteiger partial charge >= 0.3 is 0 Å². The Balaban J connectivity index is 2.08. The number of carbonyl (C=O) groups is 1. The molecule has 5 nitrogen and oxygen atoms in total. The molecule has 3 rings (SSSR count). The number of hydrogen-bond acceptors (Lipinski definition) is 4. The molecule has 2 atom stereocenters. The Bertz CT molecular complexity index is 1200. The van der Waals surface area contributed by atoms with Crippen LogP contribution in [-0.2, 0) is 22.4 Å². The summed E-state index contributed by atoms with van der Waals surface area (Å²) >= 11 is -2.65. The van der Waals surface area contributed by atoms with Gasteiger partial charge in [-0.1, -0.05) is 81.8 Å². The van der Waals surface area contributed by atoms with Crippen LogP contribution in [0.2, 0.25) is 0 Å². The Morgan fingerprint density at radius 2 is 1.50 bits per heavy atom. The summed E-state index contributed by atoms with van der Waals surface area (Å²) in [6.07, 6.45) is 0. The molecular weight excluding hydrogens is 468 g/mol. The highest BCUT2D eigenvalue weighted by Crippen LogP contribution is 2.39. The molecule has 0 heterocycles. The van der Waals surface area contributed by atoms with E-state index in [1.165, 1.54) is 0 Å². The van der Waals surface area contributed by atoms with Crippen molar-refractivity contribution in [1.82, 2.24) is 4.90 Å². The van der Waals surface area contributed by atoms with Crippen molar-refractivity contribution in [2.45, 2.75) is 58.2 Å². The molecule has 1 amide bonds. The minimum absolute atomic E-state index is 0.0337. The minimum Gasteiger partial charge on any atom is -0.771 e. The standard InChI is InChI=1S/C30H38N2O3S/c1-19(2)26-16-24(23-10-8-9-21(5)15-23)17-27(20(3)4)28(26)29(36(34)35)30(33)31-25-13-11-22(12-14-25)18-32(6)7/h8-17,19-20,29H,18H2,1-7H3,(H,31,33)(H,34,35)/p-1. The number of hydrogen-bond donors (Lipinski definition) is 1. The van der Waals surface area contributed by atoms with Gasteiger partial charge in [-0.3, -0.25) is 9.00 Å². The molecule has 0 aromatic heterocycles. The summed E-state index contributed by atoms with van der Waals surface area (Å²) in [4.78, 5) is 15.5. The highest BCUT2D eigenvalue weighted by atomic mass is 32.2. The molecule has 3 aromatic rings. The van der Waals surface area contributed by atoms with Crippen LogP contribution in [0.1, 0.15) is 72.6 Å². The fourth-order valence-electron chi connectivity index (χ4n) is 4.53. The van der Waals surface area contributed by atoms with Gasteiger partial charge in [0, 0.05) is 12.2 Å². The second-order valence-electron chi connectivity index (χ2n) is 10.3. The van der Waals surface area contributed by atoms with Crippen LogP contribution in [0.15, 0.2) is 60.7 Å². The number of nitrogens with zero attached hydrogens (tertiary/aromatic N) is 1. The van der Waals surface area contributed by atoms with Crippen molar-refractivity contribution in [2.75, 3.05) is 19.4 Å². The first kappa shape index (κ1) is 27.8. The molecule has 0 bridgehead atoms. The van der Waals surface area contributed by atoms with Crippen LogP contribution in [0.5, 0.6) is 0 Å². The maximum Gasteiger partial charge on any atom is 0.243 e. The van der Waals surface area contributed by atoms with Crippen LogP contribution < -0.4 is 5.32 Å².